The van der Waals surface area contributed by atoms with Crippen molar-refractivity contribution < 1.29 is 18.3 Å². The van der Waals surface area contributed by atoms with E-state index in [-0.39, 0.29) is 18.2 Å². The van der Waals surface area contributed by atoms with Crippen molar-refractivity contribution in [1.29, 1.82) is 0 Å². The van der Waals surface area contributed by atoms with E-state index in [1.807, 2.05) is 0 Å². The molecule has 1 N–H and O–H groups in total. The first-order valence-electron chi connectivity index (χ1n) is 7.84. The fraction of sp³-hybridized carbons (Fsp3) is 0.412. The van der Waals surface area contributed by atoms with E-state index in [0.29, 0.717) is 17.8 Å². The van der Waals surface area contributed by atoms with Crippen LogP contribution in [0.5, 0.6) is 0 Å². The number of nitrogens with one attached hydrogen (secondary N) is 1. The van der Waals surface area contributed by atoms with Crippen molar-refractivity contribution in [2.24, 2.45) is 5.92 Å². The average molecular weight is 370 g/mol. The number of nitrogens with zero attached hydrogens (tertiary/aromatic N) is 2. The minimum Gasteiger partial charge on any atom is -0.465 e. The number of hydrogen-bond acceptors (Lipinski definition) is 4. The number of aromatic amines is 1. The summed E-state index contributed by atoms with van der Waals surface area (Å²) >= 11 is 6.23. The summed E-state index contributed by atoms with van der Waals surface area (Å²) in [6, 6.07) is 5.14. The molecule has 3 rings (SSSR count). The average Bonchev–Trinajstić information content (AvgIpc) is 3.13. The Kier molecular flexibility index (Phi) is 4.69. The lowest BCUT2D eigenvalue weighted by atomic mass is 10.1. The number of halogens is 3. The third-order valence-corrected chi connectivity index (χ3v) is 4.72. The van der Waals surface area contributed by atoms with Gasteiger partial charge < -0.3 is 14.6 Å². The molecule has 134 valence electrons. The van der Waals surface area contributed by atoms with Crippen LogP contribution in [0.1, 0.15) is 28.5 Å². The second-order valence-corrected chi connectivity index (χ2v) is 6.60. The Bertz CT molecular complexity index is 794. The molecule has 25 heavy (non-hydrogen) atoms. The highest BCUT2D eigenvalue weighted by atomic mass is 35.5. The highest BCUT2D eigenvalue weighted by Gasteiger charge is 2.45. The summed E-state index contributed by atoms with van der Waals surface area (Å²) in [7, 11) is 1.32. The van der Waals surface area contributed by atoms with Crippen molar-refractivity contribution in [1.82, 2.24) is 9.97 Å². The Morgan fingerprint density at radius 1 is 1.52 bits per heavy atom. The Hall–Kier alpha value is -2.15. The van der Waals surface area contributed by atoms with Crippen molar-refractivity contribution >= 4 is 23.4 Å². The molecule has 0 bridgehead atoms. The van der Waals surface area contributed by atoms with Crippen LogP contribution >= 0.6 is 11.6 Å². The second-order valence-electron chi connectivity index (χ2n) is 6.24. The largest absolute Gasteiger partial charge is 0.465 e. The van der Waals surface area contributed by atoms with Crippen LogP contribution in [-0.4, -0.2) is 42.1 Å². The molecule has 1 aliphatic rings. The lowest BCUT2D eigenvalue weighted by molar-refractivity contribution is -0.0138. The first kappa shape index (κ1) is 17.7. The van der Waals surface area contributed by atoms with Crippen LogP contribution in [0.4, 0.5) is 14.6 Å². The highest BCUT2D eigenvalue weighted by molar-refractivity contribution is 6.30. The molecule has 0 aromatic carbocycles. The monoisotopic (exact) mass is 369 g/mol. The van der Waals surface area contributed by atoms with E-state index in [0.717, 1.165) is 11.3 Å². The lowest BCUT2D eigenvalue weighted by Crippen LogP contribution is -2.27. The molecule has 1 unspecified atom stereocenters. The third kappa shape index (κ3) is 3.61. The molecule has 2 aromatic heterocycles. The van der Waals surface area contributed by atoms with Crippen molar-refractivity contribution in [3.63, 3.8) is 0 Å². The fourth-order valence-corrected chi connectivity index (χ4v) is 3.08. The fourth-order valence-electron chi connectivity index (χ4n) is 2.86. The third-order valence-electron chi connectivity index (χ3n) is 4.40. The standard InChI is InChI=1S/C17H18ClF2N3O2/c1-10-8-23(9-17(10,19)20)14-4-3-11(15(18)22-14)5-13-6-12(7-21-13)16(24)25-2/h3-4,6-7,10,21H,5,8-9H2,1-2H3. The first-order valence-corrected chi connectivity index (χ1v) is 8.22. The van der Waals surface area contributed by atoms with E-state index in [9.17, 15) is 13.6 Å². The zero-order valence-corrected chi connectivity index (χ0v) is 14.6. The van der Waals surface area contributed by atoms with Gasteiger partial charge in [0.15, 0.2) is 0 Å². The predicted molar refractivity (Wildman–Crippen MR) is 90.5 cm³/mol. The summed E-state index contributed by atoms with van der Waals surface area (Å²) in [6.45, 7) is 1.42. The van der Waals surface area contributed by atoms with Gasteiger partial charge in [0.2, 0.25) is 0 Å². The van der Waals surface area contributed by atoms with E-state index in [1.54, 1.807) is 29.3 Å². The van der Waals surface area contributed by atoms with Gasteiger partial charge in [-0.3, -0.25) is 0 Å². The minimum atomic E-state index is -2.72. The molecule has 0 aliphatic carbocycles. The van der Waals surface area contributed by atoms with E-state index < -0.39 is 17.8 Å². The maximum Gasteiger partial charge on any atom is 0.339 e. The number of anilines is 1. The smallest absolute Gasteiger partial charge is 0.339 e. The molecule has 1 atom stereocenters. The van der Waals surface area contributed by atoms with Gasteiger partial charge in [-0.05, 0) is 17.7 Å². The van der Waals surface area contributed by atoms with Crippen molar-refractivity contribution in [2.45, 2.75) is 19.3 Å². The Morgan fingerprint density at radius 2 is 2.28 bits per heavy atom. The number of pyridine rings is 1. The number of ether oxygens (including phenoxy) is 1. The van der Waals surface area contributed by atoms with Gasteiger partial charge in [-0.2, -0.15) is 0 Å². The number of hydrogen-bond donors (Lipinski definition) is 1. The summed E-state index contributed by atoms with van der Waals surface area (Å²) < 4.78 is 32.0. The molecule has 1 aliphatic heterocycles. The highest BCUT2D eigenvalue weighted by Crippen LogP contribution is 2.35. The molecule has 2 aromatic rings. The number of carbonyl (C=O) groups is 1. The van der Waals surface area contributed by atoms with Gasteiger partial charge in [-0.25, -0.2) is 18.6 Å². The maximum atomic E-state index is 13.7. The van der Waals surface area contributed by atoms with Crippen LogP contribution < -0.4 is 4.90 Å². The van der Waals surface area contributed by atoms with Crippen LogP contribution in [0.25, 0.3) is 0 Å². The SMILES string of the molecule is COC(=O)c1c[nH]c(Cc2ccc(N3CC(C)C(F)(F)C3)nc2Cl)c1. The zero-order valence-electron chi connectivity index (χ0n) is 13.9. The van der Waals surface area contributed by atoms with E-state index >= 15 is 0 Å². The number of carbonyl (C=O) groups excluding carboxylic acids is 1. The van der Waals surface area contributed by atoms with Gasteiger partial charge in [0, 0.05) is 30.8 Å². The molecule has 0 saturated carbocycles. The van der Waals surface area contributed by atoms with E-state index in [2.05, 4.69) is 14.7 Å². The maximum absolute atomic E-state index is 13.7. The Morgan fingerprint density at radius 3 is 2.88 bits per heavy atom. The van der Waals surface area contributed by atoms with Gasteiger partial charge in [-0.1, -0.05) is 24.6 Å². The van der Waals surface area contributed by atoms with Crippen molar-refractivity contribution in [3.8, 4) is 0 Å². The summed E-state index contributed by atoms with van der Waals surface area (Å²) in [5, 5.41) is 0.259. The van der Waals surface area contributed by atoms with E-state index in [1.165, 1.54) is 14.0 Å². The number of esters is 1. The predicted octanol–water partition coefficient (Wildman–Crippen LogP) is 3.53. The summed E-state index contributed by atoms with van der Waals surface area (Å²) in [6.07, 6.45) is 2.00. The summed E-state index contributed by atoms with van der Waals surface area (Å²) in [4.78, 5) is 20.3. The first-order chi connectivity index (χ1) is 11.8. The number of aromatic nitrogens is 2. The van der Waals surface area contributed by atoms with Crippen LogP contribution in [0.3, 0.4) is 0 Å². The molecule has 3 heterocycles. The molecule has 1 fully saturated rings. The summed E-state index contributed by atoms with van der Waals surface area (Å²) in [5.41, 5.74) is 1.94. The Balaban J connectivity index is 1.74. The van der Waals surface area contributed by atoms with E-state index in [4.69, 9.17) is 11.6 Å². The zero-order chi connectivity index (χ0) is 18.2. The molecule has 5 nitrogen and oxygen atoms in total. The van der Waals surface area contributed by atoms with Crippen LogP contribution in [0, 0.1) is 5.92 Å². The summed E-state index contributed by atoms with van der Waals surface area (Å²) in [5.74, 6) is -3.42. The topological polar surface area (TPSA) is 58.2 Å². The molecule has 0 spiro atoms. The van der Waals surface area contributed by atoms with Crippen LogP contribution in [0.15, 0.2) is 24.4 Å². The quantitative estimate of drug-likeness (QED) is 0.661. The van der Waals surface area contributed by atoms with Crippen molar-refractivity contribution in [3.05, 3.63) is 46.4 Å². The number of rotatable bonds is 4. The molecule has 1 saturated heterocycles. The number of alkyl halides is 2. The number of H-pyrrole nitrogens is 1. The van der Waals surface area contributed by atoms with Gasteiger partial charge in [0.1, 0.15) is 11.0 Å². The van der Waals surface area contributed by atoms with Crippen LogP contribution in [0.2, 0.25) is 5.15 Å². The molecule has 0 amide bonds. The minimum absolute atomic E-state index is 0.245. The Labute approximate surface area is 149 Å². The normalized spacial score (nSPS) is 19.2. The second kappa shape index (κ2) is 6.63. The number of methoxy groups -OCH3 is 1. The van der Waals surface area contributed by atoms with Gasteiger partial charge in [-0.15, -0.1) is 0 Å². The van der Waals surface area contributed by atoms with Gasteiger partial charge in [0.05, 0.1) is 19.2 Å². The lowest BCUT2D eigenvalue weighted by Gasteiger charge is -2.17. The molecule has 8 heteroatoms. The van der Waals surface area contributed by atoms with Crippen molar-refractivity contribution in [2.75, 3.05) is 25.1 Å². The van der Waals surface area contributed by atoms with Crippen LogP contribution in [-0.2, 0) is 11.2 Å². The van der Waals surface area contributed by atoms with Gasteiger partial charge in [0.25, 0.3) is 5.92 Å². The molecule has 0 radical (unpaired) electrons. The molecular formula is C17H18ClF2N3O2. The van der Waals surface area contributed by atoms with Gasteiger partial charge >= 0.3 is 5.97 Å². The molecular weight excluding hydrogens is 352 g/mol.